The average Bonchev–Trinajstić information content (AvgIpc) is 2.67. The van der Waals surface area contributed by atoms with Crippen LogP contribution in [0, 0.1) is 5.41 Å². The number of hydrogen-bond donors (Lipinski definition) is 5. The predicted octanol–water partition coefficient (Wildman–Crippen LogP) is 2.49. The molecule has 0 spiro atoms. The number of piperidine rings is 1. The highest BCUT2D eigenvalue weighted by Crippen LogP contribution is 2.29. The second-order valence-corrected chi connectivity index (χ2v) is 6.52. The number of halogens is 3. The lowest BCUT2D eigenvalue weighted by Crippen LogP contribution is -2.37. The maximum absolute atomic E-state index is 12.5. The predicted molar refractivity (Wildman–Crippen MR) is 99.5 cm³/mol. The van der Waals surface area contributed by atoms with Crippen LogP contribution in [0.5, 0.6) is 5.75 Å². The quantitative estimate of drug-likeness (QED) is 0.394. The Labute approximate surface area is 159 Å². The fourth-order valence-corrected chi connectivity index (χ4v) is 2.97. The van der Waals surface area contributed by atoms with Gasteiger partial charge in [-0.25, -0.2) is 0 Å². The molecule has 7 nitrogen and oxygen atoms in total. The Hall–Kier alpha value is -2.88. The molecule has 0 amide bonds. The summed E-state index contributed by atoms with van der Waals surface area (Å²) in [5.41, 5.74) is 1.22. The SMILES string of the molecule is N=C(NCC(F)(F)F)c1nnc(-c2ccccc2O)cc1NC1CCNCC1. The lowest BCUT2D eigenvalue weighted by Gasteiger charge is -2.26. The lowest BCUT2D eigenvalue weighted by atomic mass is 10.1. The number of hydrogen-bond acceptors (Lipinski definition) is 6. The molecule has 3 rings (SSSR count). The molecule has 0 radical (unpaired) electrons. The Kier molecular flexibility index (Phi) is 5.98. The number of phenols is 1. The summed E-state index contributed by atoms with van der Waals surface area (Å²) >= 11 is 0. The Morgan fingerprint density at radius 2 is 1.93 bits per heavy atom. The van der Waals surface area contributed by atoms with Crippen LogP contribution in [0.25, 0.3) is 11.3 Å². The molecule has 150 valence electrons. The zero-order chi connectivity index (χ0) is 20.1. The highest BCUT2D eigenvalue weighted by Gasteiger charge is 2.28. The van der Waals surface area contributed by atoms with Gasteiger partial charge in [-0.05, 0) is 44.1 Å². The number of nitrogens with zero attached hydrogens (tertiary/aromatic N) is 2. The summed E-state index contributed by atoms with van der Waals surface area (Å²) in [5.74, 6) is -0.451. The van der Waals surface area contributed by atoms with Crippen LogP contribution in [-0.2, 0) is 0 Å². The standard InChI is InChI=1S/C18H21F3N6O/c19-18(20,21)10-24-17(22)16-14(25-11-5-7-23-8-6-11)9-13(26-27-16)12-3-1-2-4-15(12)28/h1-4,9,11,23,28H,5-8,10H2,(H2,22,24)(H,25,26). The van der Waals surface area contributed by atoms with Crippen LogP contribution in [0.15, 0.2) is 30.3 Å². The molecule has 0 bridgehead atoms. The summed E-state index contributed by atoms with van der Waals surface area (Å²) < 4.78 is 37.5. The van der Waals surface area contributed by atoms with E-state index in [1.807, 2.05) is 5.32 Å². The van der Waals surface area contributed by atoms with Gasteiger partial charge in [-0.3, -0.25) is 5.41 Å². The highest BCUT2D eigenvalue weighted by molar-refractivity contribution is 6.00. The molecule has 1 aliphatic heterocycles. The molecular weight excluding hydrogens is 373 g/mol. The molecule has 0 saturated carbocycles. The maximum Gasteiger partial charge on any atom is 0.405 e. The van der Waals surface area contributed by atoms with Crippen molar-refractivity contribution < 1.29 is 18.3 Å². The highest BCUT2D eigenvalue weighted by atomic mass is 19.4. The van der Waals surface area contributed by atoms with Crippen LogP contribution >= 0.6 is 0 Å². The van der Waals surface area contributed by atoms with Crippen molar-refractivity contribution in [1.29, 1.82) is 5.41 Å². The van der Waals surface area contributed by atoms with Crippen LogP contribution in [0.4, 0.5) is 18.9 Å². The van der Waals surface area contributed by atoms with Crippen molar-refractivity contribution in [3.8, 4) is 17.0 Å². The minimum Gasteiger partial charge on any atom is -0.507 e. The van der Waals surface area contributed by atoms with Crippen molar-refractivity contribution >= 4 is 11.5 Å². The molecule has 1 aromatic heterocycles. The van der Waals surface area contributed by atoms with E-state index in [2.05, 4.69) is 20.8 Å². The van der Waals surface area contributed by atoms with Gasteiger partial charge in [0.2, 0.25) is 0 Å². The van der Waals surface area contributed by atoms with Gasteiger partial charge in [0.1, 0.15) is 18.1 Å². The number of benzene rings is 1. The molecule has 2 aromatic rings. The van der Waals surface area contributed by atoms with Crippen molar-refractivity contribution in [1.82, 2.24) is 20.8 Å². The van der Waals surface area contributed by atoms with Crippen molar-refractivity contribution in [2.75, 3.05) is 25.0 Å². The largest absolute Gasteiger partial charge is 0.507 e. The van der Waals surface area contributed by atoms with Gasteiger partial charge in [0.05, 0.1) is 11.4 Å². The monoisotopic (exact) mass is 394 g/mol. The molecule has 1 aliphatic rings. The van der Waals surface area contributed by atoms with Gasteiger partial charge >= 0.3 is 6.18 Å². The molecular formula is C18H21F3N6O. The van der Waals surface area contributed by atoms with E-state index in [4.69, 9.17) is 5.41 Å². The average molecular weight is 394 g/mol. The van der Waals surface area contributed by atoms with E-state index in [9.17, 15) is 18.3 Å². The van der Waals surface area contributed by atoms with Gasteiger partial charge in [0.15, 0.2) is 5.69 Å². The van der Waals surface area contributed by atoms with Crippen LogP contribution in [0.2, 0.25) is 0 Å². The number of aromatic hydroxyl groups is 1. The molecule has 0 unspecified atom stereocenters. The third kappa shape index (κ3) is 5.10. The fraction of sp³-hybridized carbons (Fsp3) is 0.389. The Morgan fingerprint density at radius 3 is 2.61 bits per heavy atom. The van der Waals surface area contributed by atoms with Crippen molar-refractivity contribution in [2.24, 2.45) is 0 Å². The third-order valence-electron chi connectivity index (χ3n) is 4.38. The summed E-state index contributed by atoms with van der Waals surface area (Å²) in [6, 6.07) is 8.28. The Morgan fingerprint density at radius 1 is 1.21 bits per heavy atom. The molecule has 1 fully saturated rings. The first-order chi connectivity index (χ1) is 13.3. The number of phenolic OH excluding ortho intramolecular Hbond substituents is 1. The van der Waals surface area contributed by atoms with E-state index in [1.54, 1.807) is 24.3 Å². The first-order valence-electron chi connectivity index (χ1n) is 8.86. The third-order valence-corrected chi connectivity index (χ3v) is 4.38. The molecule has 10 heteroatoms. The van der Waals surface area contributed by atoms with Gasteiger partial charge in [-0.1, -0.05) is 12.1 Å². The van der Waals surface area contributed by atoms with Gasteiger partial charge < -0.3 is 21.1 Å². The summed E-state index contributed by atoms with van der Waals surface area (Å²) in [5, 5.41) is 34.5. The van der Waals surface area contributed by atoms with Crippen molar-refractivity contribution in [2.45, 2.75) is 25.1 Å². The van der Waals surface area contributed by atoms with Crippen molar-refractivity contribution in [3.63, 3.8) is 0 Å². The van der Waals surface area contributed by atoms with Crippen molar-refractivity contribution in [3.05, 3.63) is 36.0 Å². The zero-order valence-corrected chi connectivity index (χ0v) is 15.0. The first kappa shape index (κ1) is 19.9. The van der Waals surface area contributed by atoms with Crippen LogP contribution in [0.3, 0.4) is 0 Å². The number of para-hydroxylation sites is 1. The first-order valence-corrected chi connectivity index (χ1v) is 8.86. The van der Waals surface area contributed by atoms with Gasteiger partial charge in [0, 0.05) is 11.6 Å². The minimum absolute atomic E-state index is 0.00181. The minimum atomic E-state index is -4.45. The molecule has 5 N–H and O–H groups in total. The molecule has 28 heavy (non-hydrogen) atoms. The van der Waals surface area contributed by atoms with Crippen LogP contribution in [0.1, 0.15) is 18.5 Å². The lowest BCUT2D eigenvalue weighted by molar-refractivity contribution is -0.122. The van der Waals surface area contributed by atoms with Gasteiger partial charge in [0.25, 0.3) is 0 Å². The topological polar surface area (TPSA) is 106 Å². The Balaban J connectivity index is 1.91. The fourth-order valence-electron chi connectivity index (χ4n) is 2.97. The van der Waals surface area contributed by atoms with E-state index in [0.717, 1.165) is 25.9 Å². The zero-order valence-electron chi connectivity index (χ0n) is 15.0. The number of alkyl halides is 3. The summed E-state index contributed by atoms with van der Waals surface area (Å²) in [6.07, 6.45) is -2.79. The van der Waals surface area contributed by atoms with E-state index < -0.39 is 18.6 Å². The molecule has 0 atom stereocenters. The van der Waals surface area contributed by atoms with Gasteiger partial charge in [-0.15, -0.1) is 10.2 Å². The number of amidine groups is 1. The number of aromatic nitrogens is 2. The summed E-state index contributed by atoms with van der Waals surface area (Å²) in [4.78, 5) is 0. The van der Waals surface area contributed by atoms with Crippen LogP contribution in [-0.4, -0.2) is 53.0 Å². The van der Waals surface area contributed by atoms with E-state index in [-0.39, 0.29) is 17.5 Å². The normalized spacial score (nSPS) is 15.2. The Bertz CT molecular complexity index is 836. The smallest absolute Gasteiger partial charge is 0.405 e. The maximum atomic E-state index is 12.5. The van der Waals surface area contributed by atoms with Crippen LogP contribution < -0.4 is 16.0 Å². The second kappa shape index (κ2) is 8.42. The number of nitrogens with one attached hydrogen (secondary N) is 4. The summed E-state index contributed by atoms with van der Waals surface area (Å²) in [7, 11) is 0. The van der Waals surface area contributed by atoms with Gasteiger partial charge in [-0.2, -0.15) is 13.2 Å². The number of rotatable bonds is 5. The molecule has 0 aliphatic carbocycles. The molecule has 2 heterocycles. The molecule has 1 aromatic carbocycles. The number of anilines is 1. The second-order valence-electron chi connectivity index (χ2n) is 6.52. The summed E-state index contributed by atoms with van der Waals surface area (Å²) in [6.45, 7) is 0.310. The van der Waals surface area contributed by atoms with E-state index in [1.165, 1.54) is 6.07 Å². The van der Waals surface area contributed by atoms with E-state index in [0.29, 0.717) is 16.9 Å². The van der Waals surface area contributed by atoms with E-state index >= 15 is 0 Å². The molecule has 1 saturated heterocycles.